The first kappa shape index (κ1) is 20.5. The summed E-state index contributed by atoms with van der Waals surface area (Å²) in [6.45, 7) is 3.87. The standard InChI is InChI=1S/C20H20F3NO3/c1-12-7-8-14(9-13(12)2)10-17(19(26)27-3)24-18(25)15-5-4-6-16(11-15)20(21,22)23/h4-9,11,17H,10H2,1-3H3,(H,24,25)/t17-/m1/s1. The fraction of sp³-hybridized carbons (Fsp3) is 0.300. The van der Waals surface area contributed by atoms with Gasteiger partial charge in [-0.15, -0.1) is 0 Å². The maximum atomic E-state index is 12.8. The first-order valence-corrected chi connectivity index (χ1v) is 8.24. The van der Waals surface area contributed by atoms with Crippen LogP contribution in [0.3, 0.4) is 0 Å². The molecule has 0 saturated carbocycles. The average Bonchev–Trinajstić information content (AvgIpc) is 2.62. The van der Waals surface area contributed by atoms with Crippen molar-refractivity contribution in [3.05, 3.63) is 70.3 Å². The number of benzene rings is 2. The summed E-state index contributed by atoms with van der Waals surface area (Å²) < 4.78 is 43.2. The number of rotatable bonds is 5. The van der Waals surface area contributed by atoms with E-state index in [-0.39, 0.29) is 12.0 Å². The van der Waals surface area contributed by atoms with E-state index in [4.69, 9.17) is 4.74 Å². The van der Waals surface area contributed by atoms with Crippen molar-refractivity contribution in [2.24, 2.45) is 0 Å². The van der Waals surface area contributed by atoms with Crippen molar-refractivity contribution in [3.63, 3.8) is 0 Å². The second-order valence-electron chi connectivity index (χ2n) is 6.25. The van der Waals surface area contributed by atoms with Crippen LogP contribution in [0.4, 0.5) is 13.2 Å². The third-order valence-electron chi connectivity index (χ3n) is 4.25. The molecule has 2 rings (SSSR count). The summed E-state index contributed by atoms with van der Waals surface area (Å²) >= 11 is 0. The summed E-state index contributed by atoms with van der Waals surface area (Å²) in [5, 5.41) is 2.46. The number of alkyl halides is 3. The molecule has 27 heavy (non-hydrogen) atoms. The van der Waals surface area contributed by atoms with Gasteiger partial charge in [-0.1, -0.05) is 24.3 Å². The molecule has 2 aromatic carbocycles. The zero-order valence-corrected chi connectivity index (χ0v) is 15.2. The molecule has 144 valence electrons. The second kappa shape index (κ2) is 8.24. The number of aryl methyl sites for hydroxylation is 2. The van der Waals surface area contributed by atoms with Crippen molar-refractivity contribution in [1.29, 1.82) is 0 Å². The van der Waals surface area contributed by atoms with Crippen LogP contribution in [0.1, 0.15) is 32.6 Å². The Morgan fingerprint density at radius 3 is 2.37 bits per heavy atom. The Labute approximate surface area is 155 Å². The Balaban J connectivity index is 2.22. The van der Waals surface area contributed by atoms with E-state index in [1.165, 1.54) is 13.2 Å². The number of esters is 1. The van der Waals surface area contributed by atoms with Crippen LogP contribution in [0.25, 0.3) is 0 Å². The van der Waals surface area contributed by atoms with E-state index in [0.29, 0.717) is 0 Å². The summed E-state index contributed by atoms with van der Waals surface area (Å²) in [6.07, 6.45) is -4.39. The zero-order valence-electron chi connectivity index (χ0n) is 15.2. The molecule has 7 heteroatoms. The zero-order chi connectivity index (χ0) is 20.2. The maximum absolute atomic E-state index is 12.8. The molecule has 0 aliphatic carbocycles. The lowest BCUT2D eigenvalue weighted by Gasteiger charge is -2.18. The fourth-order valence-corrected chi connectivity index (χ4v) is 2.58. The highest BCUT2D eigenvalue weighted by atomic mass is 19.4. The van der Waals surface area contributed by atoms with Crippen LogP contribution in [-0.4, -0.2) is 25.0 Å². The Kier molecular flexibility index (Phi) is 6.25. The van der Waals surface area contributed by atoms with Gasteiger partial charge in [0.25, 0.3) is 5.91 Å². The number of ether oxygens (including phenoxy) is 1. The number of hydrogen-bond acceptors (Lipinski definition) is 3. The van der Waals surface area contributed by atoms with Crippen LogP contribution in [0, 0.1) is 13.8 Å². The molecule has 2 aromatic rings. The highest BCUT2D eigenvalue weighted by molar-refractivity contribution is 5.97. The minimum atomic E-state index is -4.56. The van der Waals surface area contributed by atoms with Crippen molar-refractivity contribution in [3.8, 4) is 0 Å². The van der Waals surface area contributed by atoms with E-state index in [9.17, 15) is 22.8 Å². The quantitative estimate of drug-likeness (QED) is 0.804. The summed E-state index contributed by atoms with van der Waals surface area (Å²) in [5.41, 5.74) is 1.80. The number of hydrogen-bond donors (Lipinski definition) is 1. The summed E-state index contributed by atoms with van der Waals surface area (Å²) in [7, 11) is 1.19. The lowest BCUT2D eigenvalue weighted by Crippen LogP contribution is -2.43. The van der Waals surface area contributed by atoms with Gasteiger partial charge in [-0.2, -0.15) is 13.2 Å². The molecule has 1 amide bonds. The van der Waals surface area contributed by atoms with Gasteiger partial charge in [0.15, 0.2) is 0 Å². The number of carbonyl (C=O) groups excluding carboxylic acids is 2. The predicted octanol–water partition coefficient (Wildman–Crippen LogP) is 3.84. The summed E-state index contributed by atoms with van der Waals surface area (Å²) in [5.74, 6) is -1.45. The number of amides is 1. The molecule has 0 spiro atoms. The van der Waals surface area contributed by atoms with Gasteiger partial charge in [-0.25, -0.2) is 4.79 Å². The van der Waals surface area contributed by atoms with Crippen LogP contribution in [0.15, 0.2) is 42.5 Å². The smallest absolute Gasteiger partial charge is 0.416 e. The Morgan fingerprint density at radius 2 is 1.78 bits per heavy atom. The van der Waals surface area contributed by atoms with Gasteiger partial charge < -0.3 is 10.1 Å². The fourth-order valence-electron chi connectivity index (χ4n) is 2.58. The maximum Gasteiger partial charge on any atom is 0.416 e. The largest absolute Gasteiger partial charge is 0.467 e. The molecule has 0 fully saturated rings. The van der Waals surface area contributed by atoms with Crippen LogP contribution >= 0.6 is 0 Å². The minimum Gasteiger partial charge on any atom is -0.467 e. The molecule has 0 bridgehead atoms. The monoisotopic (exact) mass is 379 g/mol. The van der Waals surface area contributed by atoms with Crippen molar-refractivity contribution in [2.45, 2.75) is 32.5 Å². The Hall–Kier alpha value is -2.83. The number of nitrogens with one attached hydrogen (secondary N) is 1. The molecular weight excluding hydrogens is 359 g/mol. The molecule has 0 aliphatic rings. The third-order valence-corrected chi connectivity index (χ3v) is 4.25. The van der Waals surface area contributed by atoms with E-state index >= 15 is 0 Å². The molecule has 0 saturated heterocycles. The minimum absolute atomic E-state index is 0.165. The highest BCUT2D eigenvalue weighted by Crippen LogP contribution is 2.29. The highest BCUT2D eigenvalue weighted by Gasteiger charge is 2.31. The van der Waals surface area contributed by atoms with E-state index in [2.05, 4.69) is 5.32 Å². The third kappa shape index (κ3) is 5.32. The number of methoxy groups -OCH3 is 1. The Morgan fingerprint density at radius 1 is 1.07 bits per heavy atom. The topological polar surface area (TPSA) is 55.4 Å². The van der Waals surface area contributed by atoms with Crippen molar-refractivity contribution in [1.82, 2.24) is 5.32 Å². The first-order valence-electron chi connectivity index (χ1n) is 8.24. The van der Waals surface area contributed by atoms with Crippen LogP contribution in [-0.2, 0) is 22.1 Å². The van der Waals surface area contributed by atoms with Gasteiger partial charge in [-0.3, -0.25) is 4.79 Å². The van der Waals surface area contributed by atoms with Gasteiger partial charge in [0.2, 0.25) is 0 Å². The van der Waals surface area contributed by atoms with Gasteiger partial charge in [0.1, 0.15) is 6.04 Å². The van der Waals surface area contributed by atoms with Gasteiger partial charge >= 0.3 is 12.1 Å². The van der Waals surface area contributed by atoms with Crippen LogP contribution in [0.5, 0.6) is 0 Å². The van der Waals surface area contributed by atoms with Crippen molar-refractivity contribution < 1.29 is 27.5 Å². The second-order valence-corrected chi connectivity index (χ2v) is 6.25. The first-order chi connectivity index (χ1) is 12.6. The molecule has 0 aromatic heterocycles. The molecule has 0 radical (unpaired) electrons. The van der Waals surface area contributed by atoms with E-state index in [0.717, 1.165) is 34.9 Å². The number of carbonyl (C=O) groups is 2. The molecule has 0 unspecified atom stereocenters. The number of halogens is 3. The summed E-state index contributed by atoms with van der Waals surface area (Å²) in [6, 6.07) is 8.63. The van der Waals surface area contributed by atoms with E-state index < -0.39 is 29.7 Å². The van der Waals surface area contributed by atoms with E-state index in [1.807, 2.05) is 32.0 Å². The molecule has 0 aliphatic heterocycles. The molecule has 4 nitrogen and oxygen atoms in total. The SMILES string of the molecule is COC(=O)[C@@H](Cc1ccc(C)c(C)c1)NC(=O)c1cccc(C(F)(F)F)c1. The lowest BCUT2D eigenvalue weighted by molar-refractivity contribution is -0.143. The van der Waals surface area contributed by atoms with Gasteiger partial charge in [0.05, 0.1) is 12.7 Å². The molecule has 0 heterocycles. The molecule has 1 atom stereocenters. The lowest BCUT2D eigenvalue weighted by atomic mass is 10.0. The van der Waals surface area contributed by atoms with Crippen LogP contribution in [0.2, 0.25) is 0 Å². The van der Waals surface area contributed by atoms with E-state index in [1.54, 1.807) is 0 Å². The predicted molar refractivity (Wildman–Crippen MR) is 94.3 cm³/mol. The average molecular weight is 379 g/mol. The Bertz CT molecular complexity index is 847. The van der Waals surface area contributed by atoms with Gasteiger partial charge in [0, 0.05) is 12.0 Å². The normalized spacial score (nSPS) is 12.4. The van der Waals surface area contributed by atoms with Crippen molar-refractivity contribution in [2.75, 3.05) is 7.11 Å². The molecular formula is C20H20F3NO3. The molecule has 1 N–H and O–H groups in total. The van der Waals surface area contributed by atoms with Crippen LogP contribution < -0.4 is 5.32 Å². The summed E-state index contributed by atoms with van der Waals surface area (Å²) in [4.78, 5) is 24.4. The van der Waals surface area contributed by atoms with Gasteiger partial charge in [-0.05, 0) is 48.7 Å². The van der Waals surface area contributed by atoms with Crippen molar-refractivity contribution >= 4 is 11.9 Å².